The predicted octanol–water partition coefficient (Wildman–Crippen LogP) is 3.90. The normalized spacial score (nSPS) is 21.0. The Kier molecular flexibility index (Phi) is 2.65. The van der Waals surface area contributed by atoms with Crippen molar-refractivity contribution in [2.45, 2.75) is 56.9 Å². The molecule has 1 N–H and O–H groups in total. The highest BCUT2D eigenvalue weighted by atomic mass is 16.4. The van der Waals surface area contributed by atoms with Crippen LogP contribution in [0.15, 0.2) is 18.2 Å². The number of carbonyl (C=O) groups is 1. The van der Waals surface area contributed by atoms with Gasteiger partial charge < -0.3 is 9.67 Å². The van der Waals surface area contributed by atoms with Gasteiger partial charge in [0, 0.05) is 11.5 Å². The molecule has 0 unspecified atom stereocenters. The van der Waals surface area contributed by atoms with Crippen LogP contribution in [0.3, 0.4) is 0 Å². The first-order chi connectivity index (χ1) is 10.1. The number of hydrogen-bond acceptors (Lipinski definition) is 2. The topological polar surface area (TPSA) is 55.1 Å². The van der Waals surface area contributed by atoms with E-state index in [0.29, 0.717) is 11.5 Å². The lowest BCUT2D eigenvalue weighted by atomic mass is 9.99. The van der Waals surface area contributed by atoms with Gasteiger partial charge >= 0.3 is 5.97 Å². The van der Waals surface area contributed by atoms with Crippen molar-refractivity contribution in [3.05, 3.63) is 29.6 Å². The lowest BCUT2D eigenvalue weighted by Gasteiger charge is -2.29. The van der Waals surface area contributed by atoms with E-state index in [9.17, 15) is 9.90 Å². The van der Waals surface area contributed by atoms with E-state index in [1.807, 2.05) is 6.07 Å². The Labute approximate surface area is 123 Å². The summed E-state index contributed by atoms with van der Waals surface area (Å²) in [6.45, 7) is 2.31. The number of carboxylic acid groups (broad SMARTS) is 1. The number of hydrogen-bond donors (Lipinski definition) is 1. The third kappa shape index (κ3) is 1.96. The molecule has 1 heterocycles. The van der Waals surface area contributed by atoms with Crippen molar-refractivity contribution >= 4 is 17.0 Å². The van der Waals surface area contributed by atoms with Gasteiger partial charge in [0.05, 0.1) is 16.6 Å². The van der Waals surface area contributed by atoms with Gasteiger partial charge in [-0.25, -0.2) is 9.78 Å². The summed E-state index contributed by atoms with van der Waals surface area (Å²) in [5.74, 6) is 0.884. The molecular weight excluding hydrogens is 264 g/mol. The minimum Gasteiger partial charge on any atom is -0.478 e. The lowest BCUT2D eigenvalue weighted by molar-refractivity contribution is 0.0697. The van der Waals surface area contributed by atoms with Crippen molar-refractivity contribution in [3.63, 3.8) is 0 Å². The second-order valence-electron chi connectivity index (χ2n) is 6.79. The van der Waals surface area contributed by atoms with E-state index < -0.39 is 5.97 Å². The molecule has 0 aliphatic heterocycles. The summed E-state index contributed by atoms with van der Waals surface area (Å²) in [5, 5.41) is 9.26. The Bertz CT molecular complexity index is 722. The molecule has 4 heteroatoms. The summed E-state index contributed by atoms with van der Waals surface area (Å²) in [4.78, 5) is 16.1. The van der Waals surface area contributed by atoms with E-state index in [1.54, 1.807) is 12.1 Å². The maximum atomic E-state index is 11.3. The SMILES string of the molecule is CC1(n2c(C3CC3)nc3ccc(C(=O)O)cc32)CCCC1. The quantitative estimate of drug-likeness (QED) is 0.930. The molecule has 4 rings (SSSR count). The van der Waals surface area contributed by atoms with Crippen LogP contribution in [-0.2, 0) is 5.54 Å². The van der Waals surface area contributed by atoms with Gasteiger partial charge in [-0.2, -0.15) is 0 Å². The van der Waals surface area contributed by atoms with Crippen molar-refractivity contribution in [2.75, 3.05) is 0 Å². The van der Waals surface area contributed by atoms with E-state index in [0.717, 1.165) is 23.9 Å². The first-order valence-electron chi connectivity index (χ1n) is 7.85. The van der Waals surface area contributed by atoms with E-state index in [4.69, 9.17) is 4.98 Å². The Hall–Kier alpha value is -1.84. The zero-order chi connectivity index (χ0) is 14.6. The van der Waals surface area contributed by atoms with E-state index in [1.165, 1.54) is 31.5 Å². The molecule has 0 bridgehead atoms. The molecule has 0 saturated heterocycles. The average Bonchev–Trinajstić information content (AvgIpc) is 3.09. The molecule has 21 heavy (non-hydrogen) atoms. The third-order valence-electron chi connectivity index (χ3n) is 5.09. The van der Waals surface area contributed by atoms with Crippen LogP contribution in [0.2, 0.25) is 0 Å². The number of carboxylic acids is 1. The fourth-order valence-electron chi connectivity index (χ4n) is 3.77. The first-order valence-corrected chi connectivity index (χ1v) is 7.85. The van der Waals surface area contributed by atoms with Crippen LogP contribution in [0.25, 0.3) is 11.0 Å². The Morgan fingerprint density at radius 3 is 2.67 bits per heavy atom. The molecule has 1 aromatic heterocycles. The van der Waals surface area contributed by atoms with Crippen molar-refractivity contribution in [3.8, 4) is 0 Å². The number of benzene rings is 1. The van der Waals surface area contributed by atoms with Crippen LogP contribution in [0.4, 0.5) is 0 Å². The van der Waals surface area contributed by atoms with Gasteiger partial charge in [0.25, 0.3) is 0 Å². The molecule has 2 fully saturated rings. The van der Waals surface area contributed by atoms with E-state index in [-0.39, 0.29) is 5.54 Å². The fourth-order valence-corrected chi connectivity index (χ4v) is 3.77. The number of aromatic nitrogens is 2. The van der Waals surface area contributed by atoms with Gasteiger partial charge in [-0.3, -0.25) is 0 Å². The minimum absolute atomic E-state index is 0.101. The summed E-state index contributed by atoms with van der Waals surface area (Å²) in [5.41, 5.74) is 2.40. The van der Waals surface area contributed by atoms with Gasteiger partial charge in [0.15, 0.2) is 0 Å². The van der Waals surface area contributed by atoms with Crippen LogP contribution < -0.4 is 0 Å². The number of rotatable bonds is 3. The summed E-state index contributed by atoms with van der Waals surface area (Å²) >= 11 is 0. The van der Waals surface area contributed by atoms with E-state index >= 15 is 0 Å². The van der Waals surface area contributed by atoms with Gasteiger partial charge in [-0.15, -0.1) is 0 Å². The Morgan fingerprint density at radius 2 is 2.05 bits per heavy atom. The lowest BCUT2D eigenvalue weighted by Crippen LogP contribution is -2.28. The smallest absolute Gasteiger partial charge is 0.335 e. The Morgan fingerprint density at radius 1 is 1.33 bits per heavy atom. The van der Waals surface area contributed by atoms with Crippen LogP contribution in [0, 0.1) is 0 Å². The number of imidazole rings is 1. The molecule has 0 amide bonds. The van der Waals surface area contributed by atoms with Crippen LogP contribution in [-0.4, -0.2) is 20.6 Å². The first kappa shape index (κ1) is 12.9. The zero-order valence-electron chi connectivity index (χ0n) is 12.3. The third-order valence-corrected chi connectivity index (χ3v) is 5.09. The summed E-state index contributed by atoms with van der Waals surface area (Å²) in [6.07, 6.45) is 7.25. The highest BCUT2D eigenvalue weighted by Gasteiger charge is 2.38. The molecule has 4 nitrogen and oxygen atoms in total. The highest BCUT2D eigenvalue weighted by molar-refractivity contribution is 5.92. The predicted molar refractivity (Wildman–Crippen MR) is 80.8 cm³/mol. The second kappa shape index (κ2) is 4.33. The van der Waals surface area contributed by atoms with Crippen molar-refractivity contribution in [2.24, 2.45) is 0 Å². The summed E-state index contributed by atoms with van der Waals surface area (Å²) < 4.78 is 2.37. The number of fused-ring (bicyclic) bond motifs is 1. The molecule has 2 saturated carbocycles. The van der Waals surface area contributed by atoms with Gasteiger partial charge in [0.1, 0.15) is 5.82 Å². The number of aromatic carboxylic acids is 1. The molecule has 2 aromatic rings. The van der Waals surface area contributed by atoms with Crippen molar-refractivity contribution in [1.82, 2.24) is 9.55 Å². The van der Waals surface area contributed by atoms with Gasteiger partial charge in [-0.05, 0) is 50.8 Å². The number of nitrogens with zero attached hydrogens (tertiary/aromatic N) is 2. The largest absolute Gasteiger partial charge is 0.478 e. The minimum atomic E-state index is -0.866. The maximum absolute atomic E-state index is 11.3. The molecular formula is C17H20N2O2. The van der Waals surface area contributed by atoms with Crippen LogP contribution in [0.1, 0.15) is 67.5 Å². The summed E-state index contributed by atoms with van der Waals surface area (Å²) in [7, 11) is 0. The maximum Gasteiger partial charge on any atom is 0.335 e. The standard InChI is InChI=1S/C17H20N2O2/c1-17(8-2-3-9-17)19-14-10-12(16(20)21)6-7-13(14)18-15(19)11-4-5-11/h6-7,10-11H,2-5,8-9H2,1H3,(H,20,21). The Balaban J connectivity index is 1.97. The highest BCUT2D eigenvalue weighted by Crippen LogP contribution is 2.46. The molecule has 0 spiro atoms. The zero-order valence-corrected chi connectivity index (χ0v) is 12.3. The monoisotopic (exact) mass is 284 g/mol. The van der Waals surface area contributed by atoms with Gasteiger partial charge in [-0.1, -0.05) is 12.8 Å². The molecule has 110 valence electrons. The molecule has 0 atom stereocenters. The van der Waals surface area contributed by atoms with Gasteiger partial charge in [0.2, 0.25) is 0 Å². The molecule has 1 aromatic carbocycles. The molecule has 2 aliphatic rings. The fraction of sp³-hybridized carbons (Fsp3) is 0.529. The summed E-state index contributed by atoms with van der Waals surface area (Å²) in [6, 6.07) is 5.33. The second-order valence-corrected chi connectivity index (χ2v) is 6.79. The van der Waals surface area contributed by atoms with Crippen molar-refractivity contribution in [1.29, 1.82) is 0 Å². The van der Waals surface area contributed by atoms with E-state index in [2.05, 4.69) is 11.5 Å². The van der Waals surface area contributed by atoms with Crippen LogP contribution in [0.5, 0.6) is 0 Å². The molecule has 2 aliphatic carbocycles. The van der Waals surface area contributed by atoms with Crippen LogP contribution >= 0.6 is 0 Å². The van der Waals surface area contributed by atoms with Crippen molar-refractivity contribution < 1.29 is 9.90 Å². The average molecular weight is 284 g/mol. The molecule has 0 radical (unpaired) electrons.